The van der Waals surface area contributed by atoms with E-state index in [4.69, 9.17) is 14.6 Å². The molecule has 1 aromatic rings. The number of pyridine rings is 1. The summed E-state index contributed by atoms with van der Waals surface area (Å²) >= 11 is 0. The molecule has 1 saturated heterocycles. The van der Waals surface area contributed by atoms with Crippen LogP contribution in [0.5, 0.6) is 5.75 Å². The van der Waals surface area contributed by atoms with Gasteiger partial charge in [0, 0.05) is 31.7 Å². The maximum Gasteiger partial charge on any atom is 0.407 e. The predicted octanol–water partition coefficient (Wildman–Crippen LogP) is 2.67. The van der Waals surface area contributed by atoms with E-state index in [-0.39, 0.29) is 18.3 Å². The summed E-state index contributed by atoms with van der Waals surface area (Å²) in [6.45, 7) is 1.11. The highest BCUT2D eigenvalue weighted by Crippen LogP contribution is 2.29. The highest BCUT2D eigenvalue weighted by atomic mass is 32.2. The molecule has 1 aromatic heterocycles. The molecule has 3 rings (SSSR count). The van der Waals surface area contributed by atoms with E-state index in [1.807, 2.05) is 0 Å². The predicted molar refractivity (Wildman–Crippen MR) is 96.9 cm³/mol. The monoisotopic (exact) mass is 382 g/mol. The van der Waals surface area contributed by atoms with Gasteiger partial charge < -0.3 is 19.5 Å². The third kappa shape index (κ3) is 4.94. The van der Waals surface area contributed by atoms with Crippen molar-refractivity contribution in [3.63, 3.8) is 0 Å². The van der Waals surface area contributed by atoms with Crippen molar-refractivity contribution in [2.75, 3.05) is 19.3 Å². The largest absolute Gasteiger partial charge is 0.489 e. The summed E-state index contributed by atoms with van der Waals surface area (Å²) in [6.07, 6.45) is 9.72. The lowest BCUT2D eigenvalue weighted by atomic mass is 9.94. The standard InChI is InChI=1S/C18H26N2O5S/c1-26(23)17-12-19-9-6-16(17)25-14-4-2-13(3-5-14)24-15-7-10-20(11-8-15)18(21)22/h6,9,12-15H,2-5,7-8,10-11H2,1H3,(H,21,22). The minimum Gasteiger partial charge on any atom is -0.489 e. The van der Waals surface area contributed by atoms with Crippen molar-refractivity contribution in [1.29, 1.82) is 0 Å². The first-order valence-corrected chi connectivity index (χ1v) is 10.7. The van der Waals surface area contributed by atoms with Gasteiger partial charge in [0.05, 0.1) is 34.0 Å². The van der Waals surface area contributed by atoms with Gasteiger partial charge in [-0.1, -0.05) is 0 Å². The summed E-state index contributed by atoms with van der Waals surface area (Å²) in [4.78, 5) is 17.1. The van der Waals surface area contributed by atoms with Crippen molar-refractivity contribution in [3.05, 3.63) is 18.5 Å². The number of hydrogen-bond donors (Lipinski definition) is 1. The summed E-state index contributed by atoms with van der Waals surface area (Å²) < 4.78 is 24.0. The van der Waals surface area contributed by atoms with E-state index >= 15 is 0 Å². The number of ether oxygens (including phenoxy) is 2. The van der Waals surface area contributed by atoms with E-state index < -0.39 is 16.9 Å². The van der Waals surface area contributed by atoms with E-state index in [0.29, 0.717) is 23.7 Å². The van der Waals surface area contributed by atoms with Crippen molar-refractivity contribution < 1.29 is 23.6 Å². The van der Waals surface area contributed by atoms with E-state index in [2.05, 4.69) is 4.98 Å². The van der Waals surface area contributed by atoms with Gasteiger partial charge in [0.25, 0.3) is 0 Å². The molecule has 1 N–H and O–H groups in total. The van der Waals surface area contributed by atoms with Crippen LogP contribution in [0.2, 0.25) is 0 Å². The number of likely N-dealkylation sites (tertiary alicyclic amines) is 1. The van der Waals surface area contributed by atoms with Gasteiger partial charge in [0.1, 0.15) is 5.75 Å². The van der Waals surface area contributed by atoms with Crippen LogP contribution in [0.15, 0.2) is 23.4 Å². The van der Waals surface area contributed by atoms with E-state index in [1.54, 1.807) is 24.7 Å². The molecule has 8 heteroatoms. The number of rotatable bonds is 5. The second-order valence-corrected chi connectivity index (χ2v) is 8.25. The fourth-order valence-corrected chi connectivity index (χ4v) is 4.21. The van der Waals surface area contributed by atoms with Gasteiger partial charge >= 0.3 is 6.09 Å². The van der Waals surface area contributed by atoms with Gasteiger partial charge in [0.15, 0.2) is 0 Å². The third-order valence-corrected chi connectivity index (χ3v) is 5.99. The Kier molecular flexibility index (Phi) is 6.48. The first kappa shape index (κ1) is 19.1. The molecule has 2 aliphatic rings. The molecular weight excluding hydrogens is 356 g/mol. The van der Waals surface area contributed by atoms with Crippen LogP contribution in [-0.4, -0.2) is 62.9 Å². The Hall–Kier alpha value is -1.67. The zero-order chi connectivity index (χ0) is 18.5. The summed E-state index contributed by atoms with van der Waals surface area (Å²) in [5, 5.41) is 9.00. The van der Waals surface area contributed by atoms with E-state index in [0.717, 1.165) is 38.5 Å². The molecule has 2 fully saturated rings. The number of amides is 1. The number of piperidine rings is 1. The average molecular weight is 382 g/mol. The molecule has 1 atom stereocenters. The molecule has 144 valence electrons. The highest BCUT2D eigenvalue weighted by Gasteiger charge is 2.28. The lowest BCUT2D eigenvalue weighted by Crippen LogP contribution is -2.41. The minimum absolute atomic E-state index is 0.105. The van der Waals surface area contributed by atoms with Gasteiger partial charge in [-0.25, -0.2) is 4.79 Å². The maximum atomic E-state index is 11.8. The summed E-state index contributed by atoms with van der Waals surface area (Å²) in [7, 11) is -1.12. The number of carboxylic acid groups (broad SMARTS) is 1. The highest BCUT2D eigenvalue weighted by molar-refractivity contribution is 7.84. The van der Waals surface area contributed by atoms with Crippen molar-refractivity contribution in [2.45, 2.75) is 61.7 Å². The van der Waals surface area contributed by atoms with E-state index in [1.165, 1.54) is 4.90 Å². The van der Waals surface area contributed by atoms with Crippen molar-refractivity contribution in [2.24, 2.45) is 0 Å². The first-order chi connectivity index (χ1) is 12.5. The molecule has 0 radical (unpaired) electrons. The van der Waals surface area contributed by atoms with Crippen LogP contribution in [0.3, 0.4) is 0 Å². The Bertz CT molecular complexity index is 640. The Labute approximate surface area is 156 Å². The molecule has 1 aliphatic heterocycles. The summed E-state index contributed by atoms with van der Waals surface area (Å²) in [6, 6.07) is 1.77. The van der Waals surface area contributed by atoms with Gasteiger partial charge in [-0.15, -0.1) is 0 Å². The van der Waals surface area contributed by atoms with Crippen molar-refractivity contribution in [3.8, 4) is 5.75 Å². The quantitative estimate of drug-likeness (QED) is 0.842. The smallest absolute Gasteiger partial charge is 0.407 e. The zero-order valence-corrected chi connectivity index (χ0v) is 15.8. The SMILES string of the molecule is CS(=O)c1cnccc1OC1CCC(OC2CCN(C(=O)O)CC2)CC1. The van der Waals surface area contributed by atoms with Gasteiger partial charge in [0.2, 0.25) is 0 Å². The third-order valence-electron chi connectivity index (χ3n) is 5.07. The Morgan fingerprint density at radius 1 is 1.15 bits per heavy atom. The fraction of sp³-hybridized carbons (Fsp3) is 0.667. The molecular formula is C18H26N2O5S. The van der Waals surface area contributed by atoms with Gasteiger partial charge in [-0.3, -0.25) is 9.19 Å². The fourth-order valence-electron chi connectivity index (χ4n) is 3.60. The molecule has 1 amide bonds. The van der Waals surface area contributed by atoms with Crippen molar-refractivity contribution >= 4 is 16.9 Å². The second kappa shape index (κ2) is 8.81. The Morgan fingerprint density at radius 2 is 1.77 bits per heavy atom. The number of hydrogen-bond acceptors (Lipinski definition) is 5. The molecule has 0 aromatic carbocycles. The number of carbonyl (C=O) groups is 1. The molecule has 7 nitrogen and oxygen atoms in total. The normalized spacial score (nSPS) is 25.7. The second-order valence-electron chi connectivity index (χ2n) is 6.90. The van der Waals surface area contributed by atoms with Crippen LogP contribution in [0.25, 0.3) is 0 Å². The van der Waals surface area contributed by atoms with Crippen molar-refractivity contribution in [1.82, 2.24) is 9.88 Å². The lowest BCUT2D eigenvalue weighted by Gasteiger charge is -2.35. The molecule has 1 saturated carbocycles. The summed E-state index contributed by atoms with van der Waals surface area (Å²) in [5.41, 5.74) is 0. The topological polar surface area (TPSA) is 89.0 Å². The van der Waals surface area contributed by atoms with Crippen LogP contribution in [0.1, 0.15) is 38.5 Å². The van der Waals surface area contributed by atoms with Crippen LogP contribution in [0, 0.1) is 0 Å². The lowest BCUT2D eigenvalue weighted by molar-refractivity contribution is -0.0642. The number of nitrogens with zero attached hydrogens (tertiary/aromatic N) is 2. The van der Waals surface area contributed by atoms with Crippen LogP contribution in [-0.2, 0) is 15.5 Å². The minimum atomic E-state index is -1.12. The summed E-state index contributed by atoms with van der Waals surface area (Å²) in [5.74, 6) is 0.659. The molecule has 1 aliphatic carbocycles. The van der Waals surface area contributed by atoms with Crippen LogP contribution >= 0.6 is 0 Å². The molecule has 26 heavy (non-hydrogen) atoms. The first-order valence-electron chi connectivity index (χ1n) is 9.10. The Balaban J connectivity index is 1.44. The van der Waals surface area contributed by atoms with E-state index in [9.17, 15) is 9.00 Å². The zero-order valence-electron chi connectivity index (χ0n) is 15.0. The van der Waals surface area contributed by atoms with Crippen LogP contribution < -0.4 is 4.74 Å². The Morgan fingerprint density at radius 3 is 2.38 bits per heavy atom. The molecule has 0 spiro atoms. The molecule has 1 unspecified atom stereocenters. The molecule has 2 heterocycles. The molecule has 0 bridgehead atoms. The maximum absolute atomic E-state index is 11.8. The average Bonchev–Trinajstić information content (AvgIpc) is 2.64. The van der Waals surface area contributed by atoms with Crippen LogP contribution in [0.4, 0.5) is 4.79 Å². The number of aromatic nitrogens is 1. The van der Waals surface area contributed by atoms with Gasteiger partial charge in [-0.2, -0.15) is 0 Å². The van der Waals surface area contributed by atoms with Gasteiger partial charge in [-0.05, 0) is 44.6 Å².